The Bertz CT molecular complexity index is 817. The van der Waals surface area contributed by atoms with E-state index in [-0.39, 0.29) is 34.9 Å². The molecule has 7 heteroatoms. The summed E-state index contributed by atoms with van der Waals surface area (Å²) in [5.74, 6) is 0.102. The van der Waals surface area contributed by atoms with Crippen LogP contribution in [0.4, 0.5) is 5.69 Å². The normalized spacial score (nSPS) is 31.6. The van der Waals surface area contributed by atoms with Crippen LogP contribution in [0.15, 0.2) is 29.2 Å². The Morgan fingerprint density at radius 3 is 2.52 bits per heavy atom. The van der Waals surface area contributed by atoms with E-state index in [0.29, 0.717) is 13.0 Å². The summed E-state index contributed by atoms with van der Waals surface area (Å²) < 4.78 is 28.3. The first kappa shape index (κ1) is 18.9. The van der Waals surface area contributed by atoms with Crippen molar-refractivity contribution in [2.75, 3.05) is 18.1 Å². The number of hydrogen-bond donors (Lipinski definition) is 1. The molecule has 0 saturated carbocycles. The molecule has 1 N–H and O–H groups in total. The zero-order valence-electron chi connectivity index (χ0n) is 15.8. The van der Waals surface area contributed by atoms with E-state index in [0.717, 1.165) is 44.2 Å². The molecule has 1 amide bonds. The number of carbonyl (C=O) groups excluding carboxylic acids is 1. The molecule has 3 aliphatic heterocycles. The summed E-state index contributed by atoms with van der Waals surface area (Å²) >= 11 is 0. The Balaban J connectivity index is 1.61. The highest BCUT2D eigenvalue weighted by Crippen LogP contribution is 2.53. The summed E-state index contributed by atoms with van der Waals surface area (Å²) in [7, 11) is -3.61. The van der Waals surface area contributed by atoms with Gasteiger partial charge in [0.2, 0.25) is 15.9 Å². The molecule has 0 aliphatic carbocycles. The number of amides is 1. The minimum Gasteiger partial charge on any atom is -0.396 e. The van der Waals surface area contributed by atoms with Crippen molar-refractivity contribution in [2.24, 2.45) is 5.41 Å². The zero-order chi connectivity index (χ0) is 19.2. The fourth-order valence-electron chi connectivity index (χ4n) is 5.26. The lowest BCUT2D eigenvalue weighted by atomic mass is 9.72. The summed E-state index contributed by atoms with van der Waals surface area (Å²) in [6.45, 7) is 2.76. The number of rotatable bonds is 5. The van der Waals surface area contributed by atoms with Crippen molar-refractivity contribution in [3.05, 3.63) is 24.3 Å². The Labute approximate surface area is 161 Å². The van der Waals surface area contributed by atoms with Gasteiger partial charge in [-0.25, -0.2) is 8.42 Å². The first-order valence-corrected chi connectivity index (χ1v) is 11.4. The van der Waals surface area contributed by atoms with Crippen LogP contribution in [0.5, 0.6) is 0 Å². The van der Waals surface area contributed by atoms with E-state index in [9.17, 15) is 18.3 Å². The lowest BCUT2D eigenvalue weighted by Gasteiger charge is -2.34. The maximum absolute atomic E-state index is 13.3. The van der Waals surface area contributed by atoms with Gasteiger partial charge in [0, 0.05) is 36.2 Å². The van der Waals surface area contributed by atoms with Gasteiger partial charge in [-0.2, -0.15) is 4.31 Å². The van der Waals surface area contributed by atoms with Gasteiger partial charge < -0.3 is 10.0 Å². The maximum atomic E-state index is 13.3. The molecule has 2 bridgehead atoms. The highest BCUT2D eigenvalue weighted by molar-refractivity contribution is 7.89. The summed E-state index contributed by atoms with van der Waals surface area (Å²) in [4.78, 5) is 14.1. The first-order valence-electron chi connectivity index (χ1n) is 9.98. The molecule has 3 fully saturated rings. The third kappa shape index (κ3) is 2.91. The highest BCUT2D eigenvalue weighted by Gasteiger charge is 2.58. The molecule has 3 saturated heterocycles. The summed E-state index contributed by atoms with van der Waals surface area (Å²) in [5, 5.41) is 9.94. The van der Waals surface area contributed by atoms with Crippen molar-refractivity contribution in [1.29, 1.82) is 0 Å². The van der Waals surface area contributed by atoms with Crippen LogP contribution in [0.3, 0.4) is 0 Å². The predicted octanol–water partition coefficient (Wildman–Crippen LogP) is 2.52. The van der Waals surface area contributed by atoms with Crippen LogP contribution in [-0.4, -0.2) is 49.0 Å². The third-order valence-electron chi connectivity index (χ3n) is 6.86. The molecule has 6 nitrogen and oxygen atoms in total. The molecule has 0 aromatic heterocycles. The van der Waals surface area contributed by atoms with Crippen LogP contribution >= 0.6 is 0 Å². The fraction of sp³-hybridized carbons (Fsp3) is 0.650. The molecular formula is C20H28N2O4S. The van der Waals surface area contributed by atoms with Crippen LogP contribution in [0.2, 0.25) is 0 Å². The van der Waals surface area contributed by atoms with Crippen LogP contribution < -0.4 is 4.90 Å². The summed E-state index contributed by atoms with van der Waals surface area (Å²) in [6.07, 6.45) is 5.66. The predicted molar refractivity (Wildman–Crippen MR) is 103 cm³/mol. The smallest absolute Gasteiger partial charge is 0.243 e. The van der Waals surface area contributed by atoms with Crippen LogP contribution in [-0.2, 0) is 14.8 Å². The van der Waals surface area contributed by atoms with Crippen LogP contribution in [0.25, 0.3) is 0 Å². The molecule has 0 spiro atoms. The van der Waals surface area contributed by atoms with Gasteiger partial charge in [-0.1, -0.05) is 6.92 Å². The number of benzene rings is 1. The number of nitrogens with zero attached hydrogens (tertiary/aromatic N) is 2. The van der Waals surface area contributed by atoms with E-state index < -0.39 is 10.0 Å². The number of aliphatic hydroxyl groups excluding tert-OH is 1. The van der Waals surface area contributed by atoms with E-state index in [2.05, 4.69) is 0 Å². The fourth-order valence-corrected chi connectivity index (χ4v) is 7.22. The van der Waals surface area contributed by atoms with Gasteiger partial charge in [0.25, 0.3) is 0 Å². The third-order valence-corrected chi connectivity index (χ3v) is 8.83. The highest BCUT2D eigenvalue weighted by atomic mass is 32.2. The quantitative estimate of drug-likeness (QED) is 0.835. The van der Waals surface area contributed by atoms with E-state index in [1.54, 1.807) is 33.5 Å². The van der Waals surface area contributed by atoms with Crippen molar-refractivity contribution >= 4 is 21.6 Å². The van der Waals surface area contributed by atoms with Gasteiger partial charge in [-0.15, -0.1) is 0 Å². The van der Waals surface area contributed by atoms with Crippen LogP contribution in [0.1, 0.15) is 51.9 Å². The number of piperidine rings is 1. The number of hydrogen-bond acceptors (Lipinski definition) is 4. The van der Waals surface area contributed by atoms with Gasteiger partial charge >= 0.3 is 0 Å². The van der Waals surface area contributed by atoms with Gasteiger partial charge in [0.1, 0.15) is 0 Å². The standard InChI is InChI=1S/C20H28N2O4S/c1-2-20(14-23)13-16-8-11-18(20)22(16)27(25,26)17-9-6-15(7-10-17)21-12-4-3-5-19(21)24/h6-7,9-10,16,18,23H,2-5,8,11-14H2,1H3/t16-,18+,20-/m0/s1. The van der Waals surface area contributed by atoms with E-state index in [4.69, 9.17) is 0 Å². The lowest BCUT2D eigenvalue weighted by Crippen LogP contribution is -2.42. The van der Waals surface area contributed by atoms with E-state index in [1.807, 2.05) is 6.92 Å². The second kappa shape index (κ2) is 6.87. The molecule has 3 aliphatic rings. The SMILES string of the molecule is CC[C@@]1(CO)C[C@@H]2CC[C@H]1N2S(=O)(=O)c1ccc(N2CCCCC2=O)cc1. The first-order chi connectivity index (χ1) is 12.9. The Hall–Kier alpha value is -1.44. The zero-order valence-corrected chi connectivity index (χ0v) is 16.6. The Morgan fingerprint density at radius 1 is 1.19 bits per heavy atom. The maximum Gasteiger partial charge on any atom is 0.243 e. The molecule has 3 atom stereocenters. The average molecular weight is 393 g/mol. The van der Waals surface area contributed by atoms with Gasteiger partial charge in [-0.3, -0.25) is 4.79 Å². The Kier molecular flexibility index (Phi) is 4.81. The number of aliphatic hydroxyl groups is 1. The molecule has 0 unspecified atom stereocenters. The topological polar surface area (TPSA) is 77.9 Å². The van der Waals surface area contributed by atoms with Crippen LogP contribution in [0, 0.1) is 5.41 Å². The second-order valence-electron chi connectivity index (χ2n) is 8.16. The van der Waals surface area contributed by atoms with Gasteiger partial charge in [-0.05, 0) is 62.8 Å². The van der Waals surface area contributed by atoms with Crippen molar-refractivity contribution in [2.45, 2.75) is 68.8 Å². The second-order valence-corrected chi connectivity index (χ2v) is 10.00. The van der Waals surface area contributed by atoms with E-state index >= 15 is 0 Å². The Morgan fingerprint density at radius 2 is 1.93 bits per heavy atom. The molecule has 3 heterocycles. The number of anilines is 1. The average Bonchev–Trinajstić information content (AvgIpc) is 3.25. The molecule has 4 rings (SSSR count). The van der Waals surface area contributed by atoms with Crippen molar-refractivity contribution in [3.8, 4) is 0 Å². The van der Waals surface area contributed by atoms with Gasteiger partial charge in [0.15, 0.2) is 0 Å². The number of sulfonamides is 1. The van der Waals surface area contributed by atoms with Crippen molar-refractivity contribution in [3.63, 3.8) is 0 Å². The van der Waals surface area contributed by atoms with Gasteiger partial charge in [0.05, 0.1) is 11.5 Å². The van der Waals surface area contributed by atoms with Crippen molar-refractivity contribution < 1.29 is 18.3 Å². The number of carbonyl (C=O) groups is 1. The molecule has 27 heavy (non-hydrogen) atoms. The number of fused-ring (bicyclic) bond motifs is 2. The molecule has 0 radical (unpaired) electrons. The van der Waals surface area contributed by atoms with E-state index in [1.165, 1.54) is 0 Å². The molecular weight excluding hydrogens is 364 g/mol. The minimum atomic E-state index is -3.61. The summed E-state index contributed by atoms with van der Waals surface area (Å²) in [6, 6.07) is 6.59. The monoisotopic (exact) mass is 392 g/mol. The minimum absolute atomic E-state index is 0.0181. The molecule has 1 aromatic rings. The lowest BCUT2D eigenvalue weighted by molar-refractivity contribution is -0.119. The summed E-state index contributed by atoms with van der Waals surface area (Å²) in [5.41, 5.74) is 0.456. The van der Waals surface area contributed by atoms with Crippen molar-refractivity contribution in [1.82, 2.24) is 4.31 Å². The molecule has 1 aromatic carbocycles. The molecule has 148 valence electrons. The largest absolute Gasteiger partial charge is 0.396 e.